The first-order chi connectivity index (χ1) is 18.8. The van der Waals surface area contributed by atoms with Crippen LogP contribution in [0.3, 0.4) is 0 Å². The number of rotatable bonds is 6. The second-order valence-corrected chi connectivity index (χ2v) is 9.15. The minimum atomic E-state index is -4.84. The maximum absolute atomic E-state index is 14.8. The molecule has 3 heterocycles. The normalized spacial score (nSPS) is 18.1. The van der Waals surface area contributed by atoms with Gasteiger partial charge in [-0.2, -0.15) is 13.2 Å². The Hall–Kier alpha value is -4.63. The molecule has 2 fully saturated rings. The van der Waals surface area contributed by atoms with Gasteiger partial charge in [0, 0.05) is 18.3 Å². The predicted octanol–water partition coefficient (Wildman–Crippen LogP) is 3.28. The van der Waals surface area contributed by atoms with Crippen LogP contribution in [0.2, 0.25) is 0 Å². The third-order valence-electron chi connectivity index (χ3n) is 6.40. The van der Waals surface area contributed by atoms with Crippen molar-refractivity contribution in [1.29, 1.82) is 0 Å². The number of hydrogen-bond donors (Lipinski definition) is 2. The van der Waals surface area contributed by atoms with Crippen molar-refractivity contribution in [3.8, 4) is 5.69 Å². The fourth-order valence-corrected chi connectivity index (χ4v) is 4.33. The van der Waals surface area contributed by atoms with E-state index in [0.29, 0.717) is 10.8 Å². The second kappa shape index (κ2) is 9.53. The number of pyridine rings is 2. The molecule has 0 radical (unpaired) electrons. The highest BCUT2D eigenvalue weighted by molar-refractivity contribution is 5.98. The summed E-state index contributed by atoms with van der Waals surface area (Å²) in [6, 6.07) is 0.325. The molecule has 16 heteroatoms. The fraction of sp³-hybridized carbons (Fsp3) is 0.292. The number of carboxylic acid groups (broad SMARTS) is 1. The summed E-state index contributed by atoms with van der Waals surface area (Å²) in [6.07, 6.45) is -6.62. The fourth-order valence-electron chi connectivity index (χ4n) is 4.33. The highest BCUT2D eigenvalue weighted by Gasteiger charge is 2.50. The highest BCUT2D eigenvalue weighted by atomic mass is 19.4. The summed E-state index contributed by atoms with van der Waals surface area (Å²) in [4.78, 5) is 54.3. The van der Waals surface area contributed by atoms with Crippen LogP contribution in [0.25, 0.3) is 16.7 Å². The molecular weight excluding hydrogens is 554 g/mol. The summed E-state index contributed by atoms with van der Waals surface area (Å²) in [6.45, 7) is -0.517. The quantitative estimate of drug-likeness (QED) is 0.435. The number of amides is 2. The number of aromatic nitrogens is 2. The lowest BCUT2D eigenvalue weighted by atomic mass is 10.1. The lowest BCUT2D eigenvalue weighted by molar-refractivity contribution is -0.158. The summed E-state index contributed by atoms with van der Waals surface area (Å²) in [5.74, 6) is -8.51. The van der Waals surface area contributed by atoms with E-state index in [1.54, 1.807) is 5.32 Å². The van der Waals surface area contributed by atoms with E-state index in [1.165, 1.54) is 0 Å². The average Bonchev–Trinajstić information content (AvgIpc) is 3.62. The van der Waals surface area contributed by atoms with Gasteiger partial charge in [0.2, 0.25) is 11.5 Å². The predicted molar refractivity (Wildman–Crippen MR) is 122 cm³/mol. The van der Waals surface area contributed by atoms with Crippen molar-refractivity contribution in [3.05, 3.63) is 63.7 Å². The summed E-state index contributed by atoms with van der Waals surface area (Å²) in [7, 11) is 0. The molecule has 3 aromatic rings. The molecule has 0 bridgehead atoms. The molecule has 1 aliphatic heterocycles. The third-order valence-corrected chi connectivity index (χ3v) is 6.40. The number of aliphatic carboxylic acids is 1. The number of benzene rings is 1. The summed E-state index contributed by atoms with van der Waals surface area (Å²) >= 11 is 0. The number of carbonyl (C=O) groups is 3. The number of nitrogens with zero attached hydrogens (tertiary/aromatic N) is 3. The Balaban J connectivity index is 1.69. The minimum Gasteiger partial charge on any atom is -0.478 e. The van der Waals surface area contributed by atoms with E-state index < -0.39 is 93.9 Å². The van der Waals surface area contributed by atoms with Gasteiger partial charge in [-0.1, -0.05) is 0 Å². The molecule has 1 aliphatic carbocycles. The summed E-state index contributed by atoms with van der Waals surface area (Å²) in [5.41, 5.74) is -3.70. The molecule has 2 N–H and O–H groups in total. The van der Waals surface area contributed by atoms with Crippen molar-refractivity contribution < 1.29 is 50.6 Å². The minimum absolute atomic E-state index is 0.187. The third kappa shape index (κ3) is 4.80. The molecule has 10 nitrogen and oxygen atoms in total. The molecule has 2 amide bonds. The van der Waals surface area contributed by atoms with Crippen LogP contribution in [0.15, 0.2) is 35.3 Å². The molecule has 1 saturated carbocycles. The monoisotopic (exact) mass is 570 g/mol. The van der Waals surface area contributed by atoms with E-state index >= 15 is 0 Å². The molecule has 5 rings (SSSR count). The zero-order valence-corrected chi connectivity index (χ0v) is 19.8. The lowest BCUT2D eigenvalue weighted by Gasteiger charge is -2.22. The van der Waals surface area contributed by atoms with Gasteiger partial charge in [0.1, 0.15) is 28.9 Å². The van der Waals surface area contributed by atoms with Crippen LogP contribution in [-0.2, 0) is 9.53 Å². The van der Waals surface area contributed by atoms with E-state index in [4.69, 9.17) is 9.84 Å². The van der Waals surface area contributed by atoms with Crippen LogP contribution >= 0.6 is 0 Å². The van der Waals surface area contributed by atoms with Crippen molar-refractivity contribution in [3.63, 3.8) is 0 Å². The van der Waals surface area contributed by atoms with Crippen LogP contribution in [0.1, 0.15) is 23.2 Å². The van der Waals surface area contributed by atoms with Gasteiger partial charge in [0.15, 0.2) is 17.3 Å². The average molecular weight is 570 g/mol. The Morgan fingerprint density at radius 3 is 2.30 bits per heavy atom. The van der Waals surface area contributed by atoms with Crippen LogP contribution < -0.4 is 15.6 Å². The number of nitrogens with one attached hydrogen (secondary N) is 1. The summed E-state index contributed by atoms with van der Waals surface area (Å²) in [5, 5.41) is 10.4. The number of carbonyl (C=O) groups excluding carboxylic acids is 2. The number of fused-ring (bicyclic) bond motifs is 1. The molecule has 0 spiro atoms. The Kier molecular flexibility index (Phi) is 6.42. The number of anilines is 1. The summed E-state index contributed by atoms with van der Waals surface area (Å²) < 4.78 is 89.1. The maximum Gasteiger partial charge on any atom is 0.416 e. The van der Waals surface area contributed by atoms with Gasteiger partial charge in [-0.15, -0.1) is 0 Å². The van der Waals surface area contributed by atoms with E-state index in [-0.39, 0.29) is 30.8 Å². The maximum atomic E-state index is 14.8. The topological polar surface area (TPSA) is 131 Å². The van der Waals surface area contributed by atoms with Crippen LogP contribution in [-0.4, -0.2) is 57.5 Å². The first-order valence-corrected chi connectivity index (χ1v) is 11.6. The van der Waals surface area contributed by atoms with Crippen LogP contribution in [0.4, 0.5) is 37.0 Å². The first-order valence-electron chi connectivity index (χ1n) is 11.6. The van der Waals surface area contributed by atoms with E-state index in [9.17, 15) is 45.5 Å². The number of cyclic esters (lactones) is 1. The SMILES string of the molecule is O=C(NC(C1CC1)C(F)(F)F)c1cn(-c2c(F)cc(F)cc2F)c2nc(N3CC(C(=O)O)OC3=O)ccc2c1=O. The van der Waals surface area contributed by atoms with Gasteiger partial charge in [0.25, 0.3) is 5.91 Å². The molecule has 2 unspecified atom stereocenters. The molecule has 1 aromatic carbocycles. The van der Waals surface area contributed by atoms with Gasteiger partial charge in [-0.3, -0.25) is 19.1 Å². The molecular formula is C24H16F6N4O6. The van der Waals surface area contributed by atoms with Gasteiger partial charge >= 0.3 is 18.2 Å². The van der Waals surface area contributed by atoms with Crippen LogP contribution in [0.5, 0.6) is 0 Å². The zero-order valence-electron chi connectivity index (χ0n) is 19.8. The van der Waals surface area contributed by atoms with Crippen molar-refractivity contribution in [1.82, 2.24) is 14.9 Å². The molecule has 40 heavy (non-hydrogen) atoms. The molecule has 1 saturated heterocycles. The number of halogens is 6. The van der Waals surface area contributed by atoms with Crippen LogP contribution in [0, 0.1) is 23.4 Å². The second-order valence-electron chi connectivity index (χ2n) is 9.15. The van der Waals surface area contributed by atoms with Gasteiger partial charge in [-0.05, 0) is 30.9 Å². The van der Waals surface area contributed by atoms with Crippen molar-refractivity contribution in [2.45, 2.75) is 31.2 Å². The Labute approximate surface area is 218 Å². The van der Waals surface area contributed by atoms with Gasteiger partial charge in [0.05, 0.1) is 11.9 Å². The Morgan fingerprint density at radius 1 is 1.10 bits per heavy atom. The van der Waals surface area contributed by atoms with Crippen molar-refractivity contribution in [2.24, 2.45) is 5.92 Å². The highest BCUT2D eigenvalue weighted by Crippen LogP contribution is 2.40. The Bertz CT molecular complexity index is 1610. The van der Waals surface area contributed by atoms with Gasteiger partial charge in [-0.25, -0.2) is 27.7 Å². The zero-order chi connectivity index (χ0) is 29.1. The number of alkyl halides is 3. The molecule has 2 aliphatic rings. The standard InChI is InChI=1S/C24H16F6N4O6/c25-10-5-13(26)17(14(27)6-10)34-7-12(21(36)32-19(9-1-2-9)24(28,29)30)18(35)11-3-4-16(31-20(11)34)33-8-15(22(37)38)40-23(33)39/h3-7,9,15,19H,1-2,8H2,(H,32,36)(H,37,38). The smallest absolute Gasteiger partial charge is 0.416 e. The number of hydrogen-bond acceptors (Lipinski definition) is 6. The largest absolute Gasteiger partial charge is 0.478 e. The van der Waals surface area contributed by atoms with Crippen molar-refractivity contribution in [2.75, 3.05) is 11.4 Å². The molecule has 2 atom stereocenters. The van der Waals surface area contributed by atoms with Gasteiger partial charge < -0.3 is 15.2 Å². The molecule has 210 valence electrons. The number of ether oxygens (including phenoxy) is 1. The van der Waals surface area contributed by atoms with E-state index in [2.05, 4.69) is 4.98 Å². The molecule has 2 aromatic heterocycles. The Morgan fingerprint density at radius 2 is 1.75 bits per heavy atom. The van der Waals surface area contributed by atoms with E-state index in [1.807, 2.05) is 0 Å². The van der Waals surface area contributed by atoms with E-state index in [0.717, 1.165) is 17.0 Å². The lowest BCUT2D eigenvalue weighted by Crippen LogP contribution is -2.48. The van der Waals surface area contributed by atoms with Crippen molar-refractivity contribution >= 4 is 34.8 Å². The first kappa shape index (κ1) is 27.0. The number of carboxylic acids is 1.